The lowest BCUT2D eigenvalue weighted by Gasteiger charge is -2.50. The Labute approximate surface area is 417 Å². The maximum Gasteiger partial charge on any atom is 0.342 e. The molecular weight excluding hydrogens is 869 g/mol. The van der Waals surface area contributed by atoms with Crippen molar-refractivity contribution in [1.82, 2.24) is 10.3 Å². The first-order valence-electron chi connectivity index (χ1n) is 26.1. The van der Waals surface area contributed by atoms with E-state index in [9.17, 15) is 9.59 Å². The minimum atomic E-state index is -0.520. The van der Waals surface area contributed by atoms with E-state index < -0.39 is 11.9 Å². The predicted octanol–water partition coefficient (Wildman–Crippen LogP) is 12.7. The largest absolute Gasteiger partial charge is 0.458 e. The molecule has 0 radical (unpaired) electrons. The predicted molar refractivity (Wildman–Crippen MR) is 279 cm³/mol. The first-order valence-corrected chi connectivity index (χ1v) is 26.1. The van der Waals surface area contributed by atoms with Crippen LogP contribution in [0.15, 0.2) is 21.8 Å². The Balaban J connectivity index is 1.98. The highest BCUT2D eigenvalue weighted by atomic mass is 16.5. The van der Waals surface area contributed by atoms with E-state index in [2.05, 4.69) is 113 Å². The van der Waals surface area contributed by atoms with Crippen LogP contribution in [-0.4, -0.2) is 74.2 Å². The van der Waals surface area contributed by atoms with Gasteiger partial charge in [0.15, 0.2) is 0 Å². The molecule has 4 atom stereocenters. The summed E-state index contributed by atoms with van der Waals surface area (Å²) in [6, 6.07) is 0. The fourth-order valence-corrected chi connectivity index (χ4v) is 11.4. The molecule has 1 aromatic rings. The van der Waals surface area contributed by atoms with Gasteiger partial charge in [0.1, 0.15) is 35.0 Å². The van der Waals surface area contributed by atoms with Crippen molar-refractivity contribution >= 4 is 41.5 Å². The summed E-state index contributed by atoms with van der Waals surface area (Å²) in [6.45, 7) is 40.2. The molecule has 2 aliphatic carbocycles. The van der Waals surface area contributed by atoms with Gasteiger partial charge in [-0.3, -0.25) is 9.59 Å². The van der Waals surface area contributed by atoms with Gasteiger partial charge in [0.25, 0.3) is 0 Å². The number of aromatic amines is 1. The number of ether oxygens (including phenoxy) is 4. The monoisotopic (exact) mass is 963 g/mol. The molecule has 3 aliphatic rings. The number of hydrogen-bond donors (Lipinski definition) is 3. The first-order chi connectivity index (χ1) is 31.8. The van der Waals surface area contributed by atoms with Crippen molar-refractivity contribution in [3.63, 3.8) is 0 Å². The molecule has 69 heavy (non-hydrogen) atoms. The number of aromatic nitrogens is 1. The van der Waals surface area contributed by atoms with Gasteiger partial charge in [0.05, 0.1) is 5.70 Å². The average Bonchev–Trinajstić information content (AvgIpc) is 3.74. The number of anilines is 1. The number of esters is 2. The molecule has 3 N–H and O–H groups in total. The minimum Gasteiger partial charge on any atom is -0.458 e. The van der Waals surface area contributed by atoms with Crippen molar-refractivity contribution in [2.24, 2.45) is 68.1 Å². The van der Waals surface area contributed by atoms with Gasteiger partial charge in [-0.2, -0.15) is 0 Å². The van der Waals surface area contributed by atoms with Gasteiger partial charge in [0, 0.05) is 69.6 Å². The van der Waals surface area contributed by atoms with Gasteiger partial charge in [-0.1, -0.05) is 125 Å². The maximum absolute atomic E-state index is 15.2. The van der Waals surface area contributed by atoms with Crippen LogP contribution in [0.3, 0.4) is 0 Å². The number of nitrogens with one attached hydrogen (secondary N) is 3. The number of carbonyl (C=O) groups is 4. The van der Waals surface area contributed by atoms with E-state index >= 15 is 9.59 Å². The number of aliphatic imine (C=N–C) groups is 1. The zero-order valence-corrected chi connectivity index (χ0v) is 46.6. The molecule has 1 aromatic heterocycles. The Kier molecular flexibility index (Phi) is 19.4. The lowest BCUT2D eigenvalue weighted by molar-refractivity contribution is -0.164. The second-order valence-corrected chi connectivity index (χ2v) is 25.9. The zero-order valence-electron chi connectivity index (χ0n) is 46.6. The Morgan fingerprint density at radius 2 is 1.04 bits per heavy atom. The summed E-state index contributed by atoms with van der Waals surface area (Å²) in [5, 5.41) is 6.05. The third kappa shape index (κ3) is 14.7. The number of nitrogens with zero attached hydrogens (tertiary/aromatic N) is 1. The van der Waals surface area contributed by atoms with Crippen LogP contribution in [0.2, 0.25) is 0 Å². The van der Waals surface area contributed by atoms with Crippen molar-refractivity contribution in [2.45, 2.75) is 194 Å². The Morgan fingerprint density at radius 3 is 1.42 bits per heavy atom. The van der Waals surface area contributed by atoms with Crippen LogP contribution in [0.5, 0.6) is 0 Å². The summed E-state index contributed by atoms with van der Waals surface area (Å²) >= 11 is 0. The molecule has 4 unspecified atom stereocenters. The zero-order chi connectivity index (χ0) is 52.1. The van der Waals surface area contributed by atoms with Gasteiger partial charge in [0.2, 0.25) is 11.8 Å². The topological polar surface area (TPSA) is 157 Å². The fourth-order valence-electron chi connectivity index (χ4n) is 11.4. The number of amides is 2. The number of H-pyrrole nitrogens is 1. The SMILES string of the molecule is COCCCC(=O)NC1=N/C(=C\c2[nH]c(NC(=O)CCCOC)c(C(=O)OC3C(C(C)(C)C)CC(C)CC3C(C)(C)C)c2C(C)C)C(C(C)C)=C1C(=O)OC1C(C(C)(C)C)CC(C)CC1C(C)(C)C. The highest BCUT2D eigenvalue weighted by molar-refractivity contribution is 6.25. The Bertz CT molecular complexity index is 2020. The fraction of sp³-hybridized carbons (Fsp3) is 0.772. The summed E-state index contributed by atoms with van der Waals surface area (Å²) in [5.41, 5.74) is 2.21. The summed E-state index contributed by atoms with van der Waals surface area (Å²) in [5.74, 6) is -0.329. The molecule has 12 nitrogen and oxygen atoms in total. The quantitative estimate of drug-likeness (QED) is 0.109. The number of allylic oxidation sites excluding steroid dienone is 1. The number of amidine groups is 1. The summed E-state index contributed by atoms with van der Waals surface area (Å²) in [7, 11) is 3.20. The molecule has 2 saturated carbocycles. The van der Waals surface area contributed by atoms with Gasteiger partial charge in [-0.25, -0.2) is 14.6 Å². The van der Waals surface area contributed by atoms with E-state index in [1.807, 2.05) is 33.8 Å². The normalized spacial score (nSPS) is 25.6. The highest BCUT2D eigenvalue weighted by Gasteiger charge is 2.50. The van der Waals surface area contributed by atoms with Gasteiger partial charge >= 0.3 is 11.9 Å². The Hall–Kier alpha value is -3.77. The summed E-state index contributed by atoms with van der Waals surface area (Å²) < 4.78 is 24.2. The molecule has 2 fully saturated rings. The van der Waals surface area contributed by atoms with E-state index in [4.69, 9.17) is 23.9 Å². The smallest absolute Gasteiger partial charge is 0.342 e. The second kappa shape index (κ2) is 23.2. The van der Waals surface area contributed by atoms with Crippen molar-refractivity contribution in [3.8, 4) is 0 Å². The summed E-state index contributed by atoms with van der Waals surface area (Å²) in [6.07, 6.45) is 6.19. The van der Waals surface area contributed by atoms with E-state index in [1.54, 1.807) is 14.2 Å². The summed E-state index contributed by atoms with van der Waals surface area (Å²) in [4.78, 5) is 66.2. The van der Waals surface area contributed by atoms with Crippen LogP contribution < -0.4 is 10.6 Å². The van der Waals surface area contributed by atoms with Crippen LogP contribution >= 0.6 is 0 Å². The van der Waals surface area contributed by atoms with Crippen LogP contribution in [0.1, 0.15) is 204 Å². The van der Waals surface area contributed by atoms with Gasteiger partial charge < -0.3 is 34.6 Å². The number of methoxy groups -OCH3 is 2. The third-order valence-corrected chi connectivity index (χ3v) is 15.1. The van der Waals surface area contributed by atoms with Crippen molar-refractivity contribution in [3.05, 3.63) is 33.7 Å². The lowest BCUT2D eigenvalue weighted by atomic mass is 9.59. The van der Waals surface area contributed by atoms with Crippen molar-refractivity contribution < 1.29 is 38.1 Å². The molecule has 1 aliphatic heterocycles. The van der Waals surface area contributed by atoms with Crippen molar-refractivity contribution in [1.29, 1.82) is 0 Å². The standard InChI is InChI=1S/C57H94N4O8/c1-32(2)44-40(58-50(60-42(62)23-21-25-66-19)46(44)52(64)68-48-36(54(7,8)9)27-34(5)28-37(48)55(10,11)12)31-41-45(33(3)4)47(51(59-41)61-43(63)24-22-26-67-20)53(65)69-49-38(56(13,14)15)29-35(6)30-39(49)57(16,17)18/h31-39,48-49,58H,21-30H2,1-20H3,(H,60,62)(H,59,61,63)/b41-31-. The lowest BCUT2D eigenvalue weighted by Crippen LogP contribution is -2.50. The number of carbonyl (C=O) groups excluding carboxylic acids is 4. The molecule has 2 amide bonds. The van der Waals surface area contributed by atoms with Crippen molar-refractivity contribution in [2.75, 3.05) is 32.8 Å². The highest BCUT2D eigenvalue weighted by Crippen LogP contribution is 2.52. The molecular formula is C57H94N4O8. The molecule has 0 bridgehead atoms. The van der Waals surface area contributed by atoms with Crippen LogP contribution in [0.25, 0.3) is 6.08 Å². The average molecular weight is 963 g/mol. The van der Waals surface area contributed by atoms with Gasteiger partial charge in [-0.05, 0) is 101 Å². The Morgan fingerprint density at radius 1 is 0.638 bits per heavy atom. The van der Waals surface area contributed by atoms with Crippen LogP contribution in [0, 0.1) is 63.1 Å². The van der Waals surface area contributed by atoms with E-state index in [1.165, 1.54) is 0 Å². The first kappa shape index (κ1) is 57.8. The molecule has 2 heterocycles. The molecule has 390 valence electrons. The molecule has 0 spiro atoms. The molecule has 12 heteroatoms. The third-order valence-electron chi connectivity index (χ3n) is 15.1. The van der Waals surface area contributed by atoms with E-state index in [0.29, 0.717) is 60.4 Å². The molecule has 0 aromatic carbocycles. The molecule has 4 rings (SSSR count). The second-order valence-electron chi connectivity index (χ2n) is 25.9. The maximum atomic E-state index is 15.2. The van der Waals surface area contributed by atoms with E-state index in [0.717, 1.165) is 25.7 Å². The minimum absolute atomic E-state index is 0.0983. The van der Waals surface area contributed by atoms with Crippen LogP contribution in [-0.2, 0) is 33.3 Å². The number of rotatable bonds is 16. The van der Waals surface area contributed by atoms with E-state index in [-0.39, 0.29) is 117 Å². The molecule has 0 saturated heterocycles. The van der Waals surface area contributed by atoms with Gasteiger partial charge in [-0.15, -0.1) is 0 Å². The number of hydrogen-bond acceptors (Lipinski definition) is 9. The van der Waals surface area contributed by atoms with Crippen LogP contribution in [0.4, 0.5) is 5.82 Å².